The largest absolute Gasteiger partial charge is 0.477 e. The summed E-state index contributed by atoms with van der Waals surface area (Å²) < 4.78 is 0. The topological polar surface area (TPSA) is 80.4 Å². The Labute approximate surface area is 87.6 Å². The van der Waals surface area contributed by atoms with Crippen molar-refractivity contribution in [3.05, 3.63) is 39.4 Å². The normalized spacial score (nSPS) is 9.79. The second-order valence-electron chi connectivity index (χ2n) is 2.55. The van der Waals surface area contributed by atoms with Gasteiger partial charge >= 0.3 is 5.97 Å². The molecule has 1 aromatic carbocycles. The van der Waals surface area contributed by atoms with Crippen LogP contribution in [0.15, 0.2) is 18.2 Å². The molecule has 1 N–H and O–H groups in total. The number of carbonyl (C=O) groups is 1. The van der Waals surface area contributed by atoms with Gasteiger partial charge in [0, 0.05) is 11.4 Å². The molecular weight excluding hydrogens is 254 g/mol. The van der Waals surface area contributed by atoms with E-state index in [2.05, 4.69) is 15.9 Å². The first-order valence-corrected chi connectivity index (χ1v) is 4.75. The first-order valence-electron chi connectivity index (χ1n) is 3.63. The average Bonchev–Trinajstić information content (AvgIpc) is 2.16. The fraction of sp³-hybridized carbons (Fsp3) is 0.125. The van der Waals surface area contributed by atoms with Crippen LogP contribution < -0.4 is 0 Å². The van der Waals surface area contributed by atoms with Crippen LogP contribution >= 0.6 is 15.9 Å². The Hall–Kier alpha value is -1.43. The van der Waals surface area contributed by atoms with Crippen LogP contribution in [0.3, 0.4) is 0 Å². The van der Waals surface area contributed by atoms with Gasteiger partial charge in [0.05, 0.1) is 4.92 Å². The molecule has 0 bridgehead atoms. The molecule has 0 heterocycles. The maximum atomic E-state index is 10.6. The maximum Gasteiger partial charge on any atom is 0.342 e. The number of nitro benzene ring substituents is 1. The summed E-state index contributed by atoms with van der Waals surface area (Å²) in [5.74, 6) is -1.29. The molecule has 14 heavy (non-hydrogen) atoms. The monoisotopic (exact) mass is 259 g/mol. The first-order chi connectivity index (χ1) is 6.56. The summed E-state index contributed by atoms with van der Waals surface area (Å²) in [6, 6.07) is 4.01. The van der Waals surface area contributed by atoms with Gasteiger partial charge in [0.1, 0.15) is 5.56 Å². The third-order valence-corrected chi connectivity index (χ3v) is 2.29. The standard InChI is InChI=1S/C8H6BrNO4/c9-4-5-1-2-6(8(11)12)7(3-5)10(13)14/h1-3H,4H2,(H,11,12). The molecule has 74 valence electrons. The van der Waals surface area contributed by atoms with Crippen LogP contribution in [0.25, 0.3) is 0 Å². The van der Waals surface area contributed by atoms with Gasteiger partial charge in [-0.05, 0) is 11.6 Å². The third-order valence-electron chi connectivity index (χ3n) is 1.64. The van der Waals surface area contributed by atoms with E-state index in [9.17, 15) is 14.9 Å². The van der Waals surface area contributed by atoms with Crippen LogP contribution in [0.2, 0.25) is 0 Å². The smallest absolute Gasteiger partial charge is 0.342 e. The van der Waals surface area contributed by atoms with Crippen molar-refractivity contribution in [3.8, 4) is 0 Å². The molecule has 0 fully saturated rings. The molecule has 0 unspecified atom stereocenters. The van der Waals surface area contributed by atoms with Crippen molar-refractivity contribution in [2.75, 3.05) is 0 Å². The first kappa shape index (κ1) is 10.6. The van der Waals surface area contributed by atoms with E-state index in [1.807, 2.05) is 0 Å². The van der Waals surface area contributed by atoms with E-state index < -0.39 is 10.9 Å². The van der Waals surface area contributed by atoms with Crippen molar-refractivity contribution in [2.45, 2.75) is 5.33 Å². The Morgan fingerprint density at radius 3 is 2.64 bits per heavy atom. The second-order valence-corrected chi connectivity index (χ2v) is 3.11. The molecule has 0 saturated carbocycles. The second kappa shape index (κ2) is 4.19. The lowest BCUT2D eigenvalue weighted by molar-refractivity contribution is -0.385. The van der Waals surface area contributed by atoms with Crippen molar-refractivity contribution >= 4 is 27.6 Å². The van der Waals surface area contributed by atoms with Gasteiger partial charge in [-0.25, -0.2) is 4.79 Å². The highest BCUT2D eigenvalue weighted by Crippen LogP contribution is 2.21. The van der Waals surface area contributed by atoms with Crippen LogP contribution in [0.5, 0.6) is 0 Å². The highest BCUT2D eigenvalue weighted by Gasteiger charge is 2.19. The zero-order valence-electron chi connectivity index (χ0n) is 6.94. The predicted molar refractivity (Wildman–Crippen MR) is 52.7 cm³/mol. The Balaban J connectivity index is 3.31. The summed E-state index contributed by atoms with van der Waals surface area (Å²) >= 11 is 3.13. The molecule has 0 amide bonds. The van der Waals surface area contributed by atoms with E-state index in [1.54, 1.807) is 0 Å². The molecule has 0 aliphatic carbocycles. The molecular formula is C8H6BrNO4. The van der Waals surface area contributed by atoms with Crippen LogP contribution in [0.4, 0.5) is 5.69 Å². The molecule has 0 atom stereocenters. The number of halogens is 1. The van der Waals surface area contributed by atoms with Gasteiger partial charge in [-0.15, -0.1) is 0 Å². The summed E-state index contributed by atoms with van der Waals surface area (Å²) in [5.41, 5.74) is -0.00384. The zero-order chi connectivity index (χ0) is 10.7. The molecule has 0 aliphatic rings. The zero-order valence-corrected chi connectivity index (χ0v) is 8.52. The van der Waals surface area contributed by atoms with Gasteiger partial charge < -0.3 is 5.11 Å². The molecule has 5 nitrogen and oxygen atoms in total. The lowest BCUT2D eigenvalue weighted by Crippen LogP contribution is -2.02. The number of aromatic carboxylic acids is 1. The molecule has 6 heteroatoms. The fourth-order valence-corrected chi connectivity index (χ4v) is 1.34. The summed E-state index contributed by atoms with van der Waals surface area (Å²) in [6.07, 6.45) is 0. The van der Waals surface area contributed by atoms with E-state index in [4.69, 9.17) is 5.11 Å². The number of nitro groups is 1. The van der Waals surface area contributed by atoms with Gasteiger partial charge in [0.15, 0.2) is 0 Å². The van der Waals surface area contributed by atoms with Crippen molar-refractivity contribution in [3.63, 3.8) is 0 Å². The molecule has 1 rings (SSSR count). The number of carboxylic acid groups (broad SMARTS) is 1. The number of benzene rings is 1. The summed E-state index contributed by atoms with van der Waals surface area (Å²) in [6.45, 7) is 0. The molecule has 0 aromatic heterocycles. The molecule has 0 radical (unpaired) electrons. The molecule has 1 aromatic rings. The SMILES string of the molecule is O=C(O)c1ccc(CBr)cc1[N+](=O)[O-]. The van der Waals surface area contributed by atoms with Gasteiger partial charge in [-0.1, -0.05) is 22.0 Å². The highest BCUT2D eigenvalue weighted by molar-refractivity contribution is 9.08. The van der Waals surface area contributed by atoms with Crippen molar-refractivity contribution in [1.82, 2.24) is 0 Å². The summed E-state index contributed by atoms with van der Waals surface area (Å²) in [4.78, 5) is 20.4. The summed E-state index contributed by atoms with van der Waals surface area (Å²) in [5, 5.41) is 19.6. The van der Waals surface area contributed by atoms with Crippen LogP contribution in [-0.2, 0) is 5.33 Å². The summed E-state index contributed by atoms with van der Waals surface area (Å²) in [7, 11) is 0. The van der Waals surface area contributed by atoms with E-state index >= 15 is 0 Å². The molecule has 0 spiro atoms. The Morgan fingerprint density at radius 1 is 1.57 bits per heavy atom. The number of carboxylic acids is 1. The number of alkyl halides is 1. The van der Waals surface area contributed by atoms with Gasteiger partial charge in [0.2, 0.25) is 0 Å². The van der Waals surface area contributed by atoms with E-state index in [1.165, 1.54) is 18.2 Å². The maximum absolute atomic E-state index is 10.6. The van der Waals surface area contributed by atoms with Crippen molar-refractivity contribution < 1.29 is 14.8 Å². The van der Waals surface area contributed by atoms with E-state index in [-0.39, 0.29) is 11.3 Å². The number of hydrogen-bond donors (Lipinski definition) is 1. The number of hydrogen-bond acceptors (Lipinski definition) is 3. The molecule has 0 aliphatic heterocycles. The quantitative estimate of drug-likeness (QED) is 0.513. The Bertz CT molecular complexity index is 391. The fourth-order valence-electron chi connectivity index (χ4n) is 0.992. The van der Waals surface area contributed by atoms with Crippen molar-refractivity contribution in [1.29, 1.82) is 0 Å². The average molecular weight is 260 g/mol. The number of rotatable bonds is 3. The van der Waals surface area contributed by atoms with E-state index in [0.29, 0.717) is 10.9 Å². The van der Waals surface area contributed by atoms with Gasteiger partial charge in [0.25, 0.3) is 5.69 Å². The number of nitrogens with zero attached hydrogens (tertiary/aromatic N) is 1. The highest BCUT2D eigenvalue weighted by atomic mass is 79.9. The van der Waals surface area contributed by atoms with Gasteiger partial charge in [-0.3, -0.25) is 10.1 Å². The minimum Gasteiger partial charge on any atom is -0.477 e. The molecule has 0 saturated heterocycles. The Kier molecular flexibility index (Phi) is 3.19. The van der Waals surface area contributed by atoms with Crippen LogP contribution in [-0.4, -0.2) is 16.0 Å². The lowest BCUT2D eigenvalue weighted by Gasteiger charge is -1.99. The van der Waals surface area contributed by atoms with Gasteiger partial charge in [-0.2, -0.15) is 0 Å². The van der Waals surface area contributed by atoms with Crippen LogP contribution in [0, 0.1) is 10.1 Å². The van der Waals surface area contributed by atoms with Crippen molar-refractivity contribution in [2.24, 2.45) is 0 Å². The minimum atomic E-state index is -1.29. The van der Waals surface area contributed by atoms with Crippen LogP contribution in [0.1, 0.15) is 15.9 Å². The third kappa shape index (κ3) is 2.08. The Morgan fingerprint density at radius 2 is 2.21 bits per heavy atom. The predicted octanol–water partition coefficient (Wildman–Crippen LogP) is 2.19. The lowest BCUT2D eigenvalue weighted by atomic mass is 10.1. The van der Waals surface area contributed by atoms with E-state index in [0.717, 1.165) is 0 Å². The minimum absolute atomic E-state index is 0.292.